The largest absolute Gasteiger partial charge is 0.349 e. The van der Waals surface area contributed by atoms with Crippen molar-refractivity contribution in [3.05, 3.63) is 34.9 Å². The topological polar surface area (TPSA) is 32.3 Å². The van der Waals surface area contributed by atoms with Gasteiger partial charge in [-0.05, 0) is 64.4 Å². The van der Waals surface area contributed by atoms with Crippen molar-refractivity contribution in [1.82, 2.24) is 10.2 Å². The van der Waals surface area contributed by atoms with Crippen LogP contribution in [0, 0.1) is 19.8 Å². The summed E-state index contributed by atoms with van der Waals surface area (Å²) in [6, 6.07) is 6.62. The van der Waals surface area contributed by atoms with Crippen LogP contribution in [-0.4, -0.2) is 30.9 Å². The lowest BCUT2D eigenvalue weighted by Gasteiger charge is -2.30. The molecule has 1 aromatic rings. The summed E-state index contributed by atoms with van der Waals surface area (Å²) >= 11 is 0. The number of hydrogen-bond donors (Lipinski definition) is 1. The summed E-state index contributed by atoms with van der Waals surface area (Å²) in [4.78, 5) is 14.8. The van der Waals surface area contributed by atoms with Crippen LogP contribution in [0.25, 0.3) is 0 Å². The third-order valence-corrected chi connectivity index (χ3v) is 4.61. The van der Waals surface area contributed by atoms with Crippen LogP contribution in [0.3, 0.4) is 0 Å². The highest BCUT2D eigenvalue weighted by molar-refractivity contribution is 5.79. The van der Waals surface area contributed by atoms with Gasteiger partial charge in [-0.3, -0.25) is 4.79 Å². The molecule has 1 fully saturated rings. The fraction of sp³-hybridized carbons (Fsp3) is 0.611. The molecular formula is C18H28N2O. The van der Waals surface area contributed by atoms with Gasteiger partial charge in [0.1, 0.15) is 0 Å². The quantitative estimate of drug-likeness (QED) is 0.922. The third-order valence-electron chi connectivity index (χ3n) is 4.61. The zero-order valence-corrected chi connectivity index (χ0v) is 13.8. The number of hydrogen-bond acceptors (Lipinski definition) is 2. The molecule has 1 aliphatic heterocycles. The van der Waals surface area contributed by atoms with Crippen LogP contribution in [0.1, 0.15) is 48.9 Å². The second-order valence-electron chi connectivity index (χ2n) is 6.41. The predicted octanol–water partition coefficient (Wildman–Crippen LogP) is 3.21. The van der Waals surface area contributed by atoms with Crippen LogP contribution in [0.15, 0.2) is 18.2 Å². The Labute approximate surface area is 128 Å². The van der Waals surface area contributed by atoms with Crippen LogP contribution in [0.2, 0.25) is 0 Å². The van der Waals surface area contributed by atoms with Gasteiger partial charge < -0.3 is 10.2 Å². The Bertz CT molecular complexity index is 490. The lowest BCUT2D eigenvalue weighted by Crippen LogP contribution is -2.40. The van der Waals surface area contributed by atoms with Gasteiger partial charge in [-0.1, -0.05) is 30.7 Å². The average molecular weight is 288 g/mol. The number of benzene rings is 1. The zero-order chi connectivity index (χ0) is 15.4. The summed E-state index contributed by atoms with van der Waals surface area (Å²) in [7, 11) is 2.12. The van der Waals surface area contributed by atoms with Crippen molar-refractivity contribution in [2.45, 2.75) is 46.1 Å². The van der Waals surface area contributed by atoms with Crippen molar-refractivity contribution in [2.24, 2.45) is 5.92 Å². The Kier molecular flexibility index (Phi) is 5.40. The molecule has 0 unspecified atom stereocenters. The van der Waals surface area contributed by atoms with Crippen molar-refractivity contribution < 1.29 is 4.79 Å². The molecule has 21 heavy (non-hydrogen) atoms. The standard InChI is InChI=1S/C18H28N2O/c1-5-17(16-7-6-13(2)12-14(16)3)19-18(21)15-8-10-20(4)11-9-15/h6-7,12,15,17H,5,8-11H2,1-4H3,(H,19,21)/t17-/m1/s1. The number of amides is 1. The second-order valence-corrected chi connectivity index (χ2v) is 6.41. The Morgan fingerprint density at radius 3 is 2.57 bits per heavy atom. The molecule has 1 amide bonds. The third kappa shape index (κ3) is 4.07. The van der Waals surface area contributed by atoms with Gasteiger partial charge in [0, 0.05) is 5.92 Å². The SMILES string of the molecule is CC[C@@H](NC(=O)C1CCN(C)CC1)c1ccc(C)cc1C. The summed E-state index contributed by atoms with van der Waals surface area (Å²) in [6.45, 7) is 8.43. The number of carbonyl (C=O) groups is 1. The van der Waals surface area contributed by atoms with Crippen molar-refractivity contribution in [2.75, 3.05) is 20.1 Å². The van der Waals surface area contributed by atoms with Gasteiger partial charge in [-0.25, -0.2) is 0 Å². The molecule has 1 saturated heterocycles. The molecule has 0 saturated carbocycles. The first-order valence-corrected chi connectivity index (χ1v) is 8.07. The molecule has 0 aliphatic carbocycles. The van der Waals surface area contributed by atoms with E-state index < -0.39 is 0 Å². The zero-order valence-electron chi connectivity index (χ0n) is 13.8. The molecule has 2 rings (SSSR count). The van der Waals surface area contributed by atoms with E-state index in [0.29, 0.717) is 0 Å². The fourth-order valence-corrected chi connectivity index (χ4v) is 3.18. The number of likely N-dealkylation sites (tertiary alicyclic amines) is 1. The predicted molar refractivity (Wildman–Crippen MR) is 87.3 cm³/mol. The van der Waals surface area contributed by atoms with Crippen LogP contribution >= 0.6 is 0 Å². The normalized spacial score (nSPS) is 18.5. The van der Waals surface area contributed by atoms with Crippen LogP contribution in [-0.2, 0) is 4.79 Å². The van der Waals surface area contributed by atoms with Gasteiger partial charge in [0.25, 0.3) is 0 Å². The smallest absolute Gasteiger partial charge is 0.223 e. The van der Waals surface area contributed by atoms with Crippen LogP contribution in [0.4, 0.5) is 0 Å². The van der Waals surface area contributed by atoms with Gasteiger partial charge >= 0.3 is 0 Å². The van der Waals surface area contributed by atoms with Gasteiger partial charge in [0.15, 0.2) is 0 Å². The monoisotopic (exact) mass is 288 g/mol. The fourth-order valence-electron chi connectivity index (χ4n) is 3.18. The minimum atomic E-state index is 0.137. The molecule has 0 aromatic heterocycles. The molecule has 0 radical (unpaired) electrons. The molecule has 1 atom stereocenters. The van der Waals surface area contributed by atoms with E-state index in [-0.39, 0.29) is 17.9 Å². The highest BCUT2D eigenvalue weighted by Gasteiger charge is 2.25. The summed E-state index contributed by atoms with van der Waals surface area (Å²) in [5.41, 5.74) is 3.79. The maximum absolute atomic E-state index is 12.5. The van der Waals surface area contributed by atoms with Crippen molar-refractivity contribution in [3.8, 4) is 0 Å². The minimum Gasteiger partial charge on any atom is -0.349 e. The highest BCUT2D eigenvalue weighted by Crippen LogP contribution is 2.23. The van der Waals surface area contributed by atoms with Crippen molar-refractivity contribution in [3.63, 3.8) is 0 Å². The maximum Gasteiger partial charge on any atom is 0.223 e. The molecule has 1 N–H and O–H groups in total. The first-order chi connectivity index (χ1) is 10.0. The lowest BCUT2D eigenvalue weighted by atomic mass is 9.93. The molecular weight excluding hydrogens is 260 g/mol. The number of aryl methyl sites for hydroxylation is 2. The lowest BCUT2D eigenvalue weighted by molar-refractivity contribution is -0.127. The number of nitrogens with zero attached hydrogens (tertiary/aromatic N) is 1. The Morgan fingerprint density at radius 1 is 1.33 bits per heavy atom. The summed E-state index contributed by atoms with van der Waals surface area (Å²) in [6.07, 6.45) is 2.89. The van der Waals surface area contributed by atoms with Crippen LogP contribution < -0.4 is 5.32 Å². The number of carbonyl (C=O) groups excluding carboxylic acids is 1. The molecule has 0 bridgehead atoms. The highest BCUT2D eigenvalue weighted by atomic mass is 16.1. The molecule has 3 heteroatoms. The first kappa shape index (κ1) is 16.0. The van der Waals surface area contributed by atoms with E-state index in [1.807, 2.05) is 0 Å². The van der Waals surface area contributed by atoms with Gasteiger partial charge in [0.05, 0.1) is 6.04 Å². The Morgan fingerprint density at radius 2 is 2.00 bits per heavy atom. The van der Waals surface area contributed by atoms with Gasteiger partial charge in [0.2, 0.25) is 5.91 Å². The van der Waals surface area contributed by atoms with Crippen molar-refractivity contribution >= 4 is 5.91 Å². The van der Waals surface area contributed by atoms with Gasteiger partial charge in [-0.15, -0.1) is 0 Å². The van der Waals surface area contributed by atoms with Gasteiger partial charge in [-0.2, -0.15) is 0 Å². The summed E-state index contributed by atoms with van der Waals surface area (Å²) < 4.78 is 0. The number of nitrogens with one attached hydrogen (secondary N) is 1. The molecule has 0 spiro atoms. The summed E-state index contributed by atoms with van der Waals surface area (Å²) in [5.74, 6) is 0.413. The molecule has 1 aromatic carbocycles. The van der Waals surface area contributed by atoms with E-state index in [4.69, 9.17) is 0 Å². The molecule has 3 nitrogen and oxygen atoms in total. The Balaban J connectivity index is 2.03. The van der Waals surface area contributed by atoms with Crippen LogP contribution in [0.5, 0.6) is 0 Å². The Hall–Kier alpha value is -1.35. The minimum absolute atomic E-state index is 0.137. The van der Waals surface area contributed by atoms with E-state index in [9.17, 15) is 4.79 Å². The second kappa shape index (κ2) is 7.08. The van der Waals surface area contributed by atoms with E-state index >= 15 is 0 Å². The van der Waals surface area contributed by atoms with E-state index in [1.54, 1.807) is 0 Å². The average Bonchev–Trinajstić information content (AvgIpc) is 2.46. The van der Waals surface area contributed by atoms with Crippen molar-refractivity contribution in [1.29, 1.82) is 0 Å². The number of rotatable bonds is 4. The van der Waals surface area contributed by atoms with E-state index in [2.05, 4.69) is 56.2 Å². The maximum atomic E-state index is 12.5. The number of piperidine rings is 1. The van der Waals surface area contributed by atoms with E-state index in [0.717, 1.165) is 32.4 Å². The molecule has 1 heterocycles. The van der Waals surface area contributed by atoms with E-state index in [1.165, 1.54) is 16.7 Å². The first-order valence-electron chi connectivity index (χ1n) is 8.07. The summed E-state index contributed by atoms with van der Waals surface area (Å²) in [5, 5.41) is 3.27. The molecule has 1 aliphatic rings. The molecule has 116 valence electrons.